The molecule has 0 bridgehead atoms. The Labute approximate surface area is 259 Å². The van der Waals surface area contributed by atoms with E-state index in [1.807, 2.05) is 18.2 Å². The van der Waals surface area contributed by atoms with Gasteiger partial charge in [-0.15, -0.1) is 0 Å². The number of benzene rings is 2. The number of nitrogen functional groups attached to an aromatic ring is 1. The van der Waals surface area contributed by atoms with Crippen molar-refractivity contribution in [1.29, 1.82) is 15.8 Å². The molecule has 44 heavy (non-hydrogen) atoms. The highest BCUT2D eigenvalue weighted by Gasteiger charge is 2.19. The van der Waals surface area contributed by atoms with Crippen molar-refractivity contribution < 1.29 is 18.7 Å². The van der Waals surface area contributed by atoms with Crippen molar-refractivity contribution in [2.24, 2.45) is 0 Å². The zero-order chi connectivity index (χ0) is 31.6. The first-order chi connectivity index (χ1) is 21.2. The minimum Gasteiger partial charge on any atom is -0.482 e. The second kappa shape index (κ2) is 14.2. The fourth-order valence-electron chi connectivity index (χ4n) is 3.56. The summed E-state index contributed by atoms with van der Waals surface area (Å²) in [6, 6.07) is 21.3. The van der Waals surface area contributed by atoms with E-state index >= 15 is 0 Å². The molecule has 2 aromatic carbocycles. The summed E-state index contributed by atoms with van der Waals surface area (Å²) in [5.41, 5.74) is 7.52. The monoisotopic (exact) mass is 624 g/mol. The van der Waals surface area contributed by atoms with Crippen LogP contribution < -0.4 is 21.1 Å². The number of carbonyl (C=O) groups excluding carboxylic acids is 2. The lowest BCUT2D eigenvalue weighted by Crippen LogP contribution is -2.21. The molecule has 4 N–H and O–H groups in total. The number of halogens is 2. The van der Waals surface area contributed by atoms with Crippen LogP contribution in [-0.4, -0.2) is 28.4 Å². The molecule has 0 saturated carbocycles. The van der Waals surface area contributed by atoms with Gasteiger partial charge in [-0.2, -0.15) is 15.8 Å². The van der Waals surface area contributed by atoms with Crippen LogP contribution in [0.1, 0.15) is 27.2 Å². The number of fused-ring (bicyclic) bond motifs is 1. The van der Waals surface area contributed by atoms with E-state index in [1.54, 1.807) is 42.5 Å². The fraction of sp³-hybridized carbons (Fsp3) is 0.0333. The minimum atomic E-state index is -0.526. The van der Waals surface area contributed by atoms with Gasteiger partial charge in [0.25, 0.3) is 11.8 Å². The van der Waals surface area contributed by atoms with Gasteiger partial charge in [0.05, 0.1) is 44.6 Å². The third kappa shape index (κ3) is 7.78. The van der Waals surface area contributed by atoms with Crippen LogP contribution >= 0.6 is 23.2 Å². The largest absolute Gasteiger partial charge is 0.482 e. The van der Waals surface area contributed by atoms with E-state index in [0.717, 1.165) is 0 Å². The Morgan fingerprint density at radius 3 is 2.05 bits per heavy atom. The average Bonchev–Trinajstić information content (AvgIpc) is 3.37. The van der Waals surface area contributed by atoms with E-state index in [2.05, 4.69) is 20.6 Å². The van der Waals surface area contributed by atoms with Crippen LogP contribution in [0.4, 0.5) is 17.3 Å². The molecule has 3 heterocycles. The summed E-state index contributed by atoms with van der Waals surface area (Å²) >= 11 is 11.4. The molecule has 0 radical (unpaired) electrons. The molecule has 216 valence electrons. The Morgan fingerprint density at radius 1 is 0.841 bits per heavy atom. The molecule has 5 aromatic rings. The van der Waals surface area contributed by atoms with Crippen molar-refractivity contribution in [1.82, 2.24) is 9.97 Å². The van der Waals surface area contributed by atoms with Crippen LogP contribution in [0.2, 0.25) is 10.0 Å². The van der Waals surface area contributed by atoms with Gasteiger partial charge in [0.15, 0.2) is 6.61 Å². The summed E-state index contributed by atoms with van der Waals surface area (Å²) in [7, 11) is 0. The van der Waals surface area contributed by atoms with Gasteiger partial charge in [-0.1, -0.05) is 23.2 Å². The quantitative estimate of drug-likeness (QED) is 0.210. The lowest BCUT2D eigenvalue weighted by molar-refractivity contribution is -0.118. The topological polar surface area (TPSA) is 204 Å². The van der Waals surface area contributed by atoms with E-state index in [9.17, 15) is 9.59 Å². The lowest BCUT2D eigenvalue weighted by Gasteiger charge is -2.08. The molecular formula is C30H18Cl2N8O4. The number of rotatable bonds is 6. The second-order valence-electron chi connectivity index (χ2n) is 8.62. The van der Waals surface area contributed by atoms with Gasteiger partial charge in [-0.25, -0.2) is 9.97 Å². The van der Waals surface area contributed by atoms with Gasteiger partial charge < -0.3 is 25.5 Å². The average molecular weight is 625 g/mol. The zero-order valence-corrected chi connectivity index (χ0v) is 23.8. The van der Waals surface area contributed by atoms with E-state index < -0.39 is 11.8 Å². The SMILES string of the molecule is N#Cc1ccc(OCC(=O)Nc2ccc(Cl)cn2)c(C#N)c1.N#Cc1ccc2oc(C(=O)Nc3ccc(Cl)cn3)c(N)c2c1. The number of hydrogen-bond acceptors (Lipinski definition) is 10. The number of nitriles is 3. The molecule has 14 heteroatoms. The molecule has 3 aromatic heterocycles. The molecule has 0 atom stereocenters. The van der Waals surface area contributed by atoms with Crippen molar-refractivity contribution in [3.63, 3.8) is 0 Å². The number of ether oxygens (including phenoxy) is 1. The summed E-state index contributed by atoms with van der Waals surface area (Å²) in [6.45, 7) is -0.287. The summed E-state index contributed by atoms with van der Waals surface area (Å²) in [5, 5.41) is 33.2. The predicted molar refractivity (Wildman–Crippen MR) is 162 cm³/mol. The molecule has 12 nitrogen and oxygen atoms in total. The molecule has 2 amide bonds. The molecule has 0 aliphatic carbocycles. The Kier molecular flexibility index (Phi) is 9.92. The van der Waals surface area contributed by atoms with Crippen molar-refractivity contribution >= 4 is 63.3 Å². The number of nitrogens with one attached hydrogen (secondary N) is 2. The molecule has 0 aliphatic rings. The number of nitrogens with two attached hydrogens (primary N) is 1. The van der Waals surface area contributed by atoms with Crippen LogP contribution in [0.15, 0.2) is 77.5 Å². The van der Waals surface area contributed by atoms with E-state index in [1.165, 1.54) is 30.6 Å². The highest BCUT2D eigenvalue weighted by molar-refractivity contribution is 6.30. The number of furan rings is 1. The molecule has 0 aliphatic heterocycles. The zero-order valence-electron chi connectivity index (χ0n) is 22.3. The van der Waals surface area contributed by atoms with Gasteiger partial charge in [0.2, 0.25) is 5.76 Å². The maximum atomic E-state index is 12.2. The van der Waals surface area contributed by atoms with Crippen LogP contribution in [0, 0.1) is 34.0 Å². The first kappa shape index (κ1) is 30.8. The normalized spacial score (nSPS) is 9.89. The summed E-state index contributed by atoms with van der Waals surface area (Å²) < 4.78 is 10.7. The highest BCUT2D eigenvalue weighted by atomic mass is 35.5. The first-order valence-electron chi connectivity index (χ1n) is 12.3. The number of carbonyl (C=O) groups is 2. The molecule has 0 saturated heterocycles. The van der Waals surface area contributed by atoms with Gasteiger partial charge in [-0.05, 0) is 60.7 Å². The Morgan fingerprint density at radius 2 is 1.45 bits per heavy atom. The van der Waals surface area contributed by atoms with Gasteiger partial charge in [-0.3, -0.25) is 9.59 Å². The predicted octanol–water partition coefficient (Wildman–Crippen LogP) is 5.68. The first-order valence-corrected chi connectivity index (χ1v) is 13.1. The Hall–Kier alpha value is -6.13. The van der Waals surface area contributed by atoms with Crippen molar-refractivity contribution in [2.45, 2.75) is 0 Å². The van der Waals surface area contributed by atoms with Crippen LogP contribution in [-0.2, 0) is 4.79 Å². The number of anilines is 3. The smallest absolute Gasteiger partial charge is 0.294 e. The molecule has 5 rings (SSSR count). The molecule has 0 spiro atoms. The van der Waals surface area contributed by atoms with Crippen LogP contribution in [0.25, 0.3) is 11.0 Å². The maximum Gasteiger partial charge on any atom is 0.294 e. The third-order valence-corrected chi connectivity index (χ3v) is 6.06. The fourth-order valence-corrected chi connectivity index (χ4v) is 3.79. The van der Waals surface area contributed by atoms with E-state index in [4.69, 9.17) is 53.9 Å². The van der Waals surface area contributed by atoms with E-state index in [0.29, 0.717) is 43.8 Å². The van der Waals surface area contributed by atoms with Gasteiger partial charge >= 0.3 is 0 Å². The number of amides is 2. The molecule has 0 fully saturated rings. The number of nitrogens with zero attached hydrogens (tertiary/aromatic N) is 5. The Balaban J connectivity index is 0.000000201. The number of hydrogen-bond donors (Lipinski definition) is 3. The van der Waals surface area contributed by atoms with Crippen molar-refractivity contribution in [3.05, 3.63) is 106 Å². The summed E-state index contributed by atoms with van der Waals surface area (Å²) in [5.74, 6) is -0.0713. The standard InChI is InChI=1S/2C15H9ClN4O2/c16-9-2-4-12(19-7-9)20-15(21)14-13(18)10-5-8(6-17)1-3-11(10)22-14;16-12-2-4-14(19-8-12)20-15(21)9-22-13-3-1-10(6-17)5-11(13)7-18/h1-5,7H,18H2,(H,19,20,21);1-5,8H,9H2,(H,19,20,21). The second-order valence-corrected chi connectivity index (χ2v) is 9.49. The Bertz CT molecular complexity index is 1970. The van der Waals surface area contributed by atoms with Crippen molar-refractivity contribution in [3.8, 4) is 24.0 Å². The van der Waals surface area contributed by atoms with E-state index in [-0.39, 0.29) is 29.4 Å². The van der Waals surface area contributed by atoms with Gasteiger partial charge in [0.1, 0.15) is 29.0 Å². The minimum absolute atomic E-state index is 0.0261. The highest BCUT2D eigenvalue weighted by Crippen LogP contribution is 2.29. The van der Waals surface area contributed by atoms with Crippen LogP contribution in [0.3, 0.4) is 0 Å². The van der Waals surface area contributed by atoms with Crippen LogP contribution in [0.5, 0.6) is 5.75 Å². The number of aromatic nitrogens is 2. The summed E-state index contributed by atoms with van der Waals surface area (Å²) in [6.07, 6.45) is 2.82. The summed E-state index contributed by atoms with van der Waals surface area (Å²) in [4.78, 5) is 31.9. The third-order valence-electron chi connectivity index (χ3n) is 5.61. The number of pyridine rings is 2. The molecule has 0 unspecified atom stereocenters. The maximum absolute atomic E-state index is 12.2. The van der Waals surface area contributed by atoms with Crippen molar-refractivity contribution in [2.75, 3.05) is 23.0 Å². The lowest BCUT2D eigenvalue weighted by atomic mass is 10.1. The van der Waals surface area contributed by atoms with Gasteiger partial charge in [0, 0.05) is 17.8 Å². The molecular weight excluding hydrogens is 607 g/mol.